The molecule has 0 aliphatic heterocycles. The molecule has 1 aliphatic carbocycles. The van der Waals surface area contributed by atoms with Crippen LogP contribution >= 0.6 is 11.3 Å². The fourth-order valence-electron chi connectivity index (χ4n) is 2.43. The molecule has 0 atom stereocenters. The molecule has 1 heterocycles. The zero-order chi connectivity index (χ0) is 13.7. The van der Waals surface area contributed by atoms with Gasteiger partial charge in [-0.05, 0) is 25.0 Å². The second kappa shape index (κ2) is 6.70. The maximum atomic E-state index is 12.1. The van der Waals surface area contributed by atoms with Crippen molar-refractivity contribution in [2.45, 2.75) is 51.0 Å². The number of aromatic carboxylic acids is 1. The quantitative estimate of drug-likeness (QED) is 0.893. The fourth-order valence-corrected chi connectivity index (χ4v) is 3.18. The Labute approximate surface area is 116 Å². The molecule has 5 heteroatoms. The average Bonchev–Trinajstić information content (AvgIpc) is 2.82. The number of amides is 1. The minimum atomic E-state index is -0.977. The van der Waals surface area contributed by atoms with Crippen LogP contribution < -0.4 is 5.32 Å². The van der Waals surface area contributed by atoms with Gasteiger partial charge in [-0.3, -0.25) is 4.79 Å². The highest BCUT2D eigenvalue weighted by molar-refractivity contribution is 7.15. The Morgan fingerprint density at radius 3 is 2.21 bits per heavy atom. The van der Waals surface area contributed by atoms with Gasteiger partial charge in [-0.15, -0.1) is 11.3 Å². The fraction of sp³-hybridized carbons (Fsp3) is 0.571. The molecule has 2 N–H and O–H groups in total. The van der Waals surface area contributed by atoms with Crippen molar-refractivity contribution >= 4 is 23.2 Å². The molecule has 0 spiro atoms. The summed E-state index contributed by atoms with van der Waals surface area (Å²) in [4.78, 5) is 23.5. The van der Waals surface area contributed by atoms with Crippen LogP contribution in [0.4, 0.5) is 0 Å². The van der Waals surface area contributed by atoms with Crippen LogP contribution in [0.3, 0.4) is 0 Å². The molecule has 1 saturated carbocycles. The van der Waals surface area contributed by atoms with E-state index in [1.807, 2.05) is 0 Å². The van der Waals surface area contributed by atoms with Gasteiger partial charge < -0.3 is 10.4 Å². The van der Waals surface area contributed by atoms with E-state index in [1.54, 1.807) is 6.07 Å². The summed E-state index contributed by atoms with van der Waals surface area (Å²) < 4.78 is 0. The largest absolute Gasteiger partial charge is 0.477 e. The number of hydrogen-bond donors (Lipinski definition) is 2. The first-order valence-corrected chi connectivity index (χ1v) is 7.62. The first-order valence-electron chi connectivity index (χ1n) is 6.81. The smallest absolute Gasteiger partial charge is 0.345 e. The Bertz CT molecular complexity index is 447. The van der Waals surface area contributed by atoms with Gasteiger partial charge in [0.2, 0.25) is 0 Å². The van der Waals surface area contributed by atoms with Crippen molar-refractivity contribution in [1.29, 1.82) is 0 Å². The SMILES string of the molecule is O=C(O)c1ccc(C(=O)NC2CCCCCCC2)s1. The first kappa shape index (κ1) is 14.1. The zero-order valence-corrected chi connectivity index (χ0v) is 11.7. The number of nitrogens with one attached hydrogen (secondary N) is 1. The van der Waals surface area contributed by atoms with E-state index in [0.29, 0.717) is 4.88 Å². The number of carbonyl (C=O) groups excluding carboxylic acids is 1. The highest BCUT2D eigenvalue weighted by Gasteiger charge is 2.17. The summed E-state index contributed by atoms with van der Waals surface area (Å²) in [6.07, 6.45) is 8.17. The van der Waals surface area contributed by atoms with Crippen LogP contribution in [0.25, 0.3) is 0 Å². The maximum absolute atomic E-state index is 12.1. The van der Waals surface area contributed by atoms with Gasteiger partial charge in [0.25, 0.3) is 5.91 Å². The van der Waals surface area contributed by atoms with E-state index in [1.165, 1.54) is 25.3 Å². The summed E-state index contributed by atoms with van der Waals surface area (Å²) in [7, 11) is 0. The van der Waals surface area contributed by atoms with E-state index in [2.05, 4.69) is 5.32 Å². The van der Waals surface area contributed by atoms with Crippen LogP contribution in [0.5, 0.6) is 0 Å². The van der Waals surface area contributed by atoms with Gasteiger partial charge in [0.15, 0.2) is 0 Å². The van der Waals surface area contributed by atoms with Crippen molar-refractivity contribution in [1.82, 2.24) is 5.32 Å². The third-order valence-corrected chi connectivity index (χ3v) is 4.55. The molecule has 1 amide bonds. The van der Waals surface area contributed by atoms with Crippen molar-refractivity contribution in [3.8, 4) is 0 Å². The molecule has 19 heavy (non-hydrogen) atoms. The lowest BCUT2D eigenvalue weighted by atomic mass is 9.97. The number of thiophene rings is 1. The Balaban J connectivity index is 1.93. The summed E-state index contributed by atoms with van der Waals surface area (Å²) in [6, 6.07) is 3.31. The zero-order valence-electron chi connectivity index (χ0n) is 10.9. The van der Waals surface area contributed by atoms with Crippen molar-refractivity contribution in [3.05, 3.63) is 21.9 Å². The summed E-state index contributed by atoms with van der Waals surface area (Å²) in [5.41, 5.74) is 0. The van der Waals surface area contributed by atoms with Crippen molar-refractivity contribution in [3.63, 3.8) is 0 Å². The summed E-state index contributed by atoms with van der Waals surface area (Å²) in [5.74, 6) is -1.11. The summed E-state index contributed by atoms with van der Waals surface area (Å²) in [6.45, 7) is 0. The van der Waals surface area contributed by atoms with E-state index in [-0.39, 0.29) is 16.8 Å². The van der Waals surface area contributed by atoms with E-state index in [9.17, 15) is 9.59 Å². The molecule has 1 fully saturated rings. The summed E-state index contributed by atoms with van der Waals surface area (Å²) in [5, 5.41) is 11.9. The normalized spacial score (nSPS) is 17.5. The van der Waals surface area contributed by atoms with Crippen LogP contribution in [0, 0.1) is 0 Å². The van der Waals surface area contributed by atoms with E-state index < -0.39 is 5.97 Å². The molecule has 0 saturated heterocycles. The monoisotopic (exact) mass is 281 g/mol. The molecule has 4 nitrogen and oxygen atoms in total. The van der Waals surface area contributed by atoms with E-state index in [4.69, 9.17) is 5.11 Å². The average molecular weight is 281 g/mol. The molecular weight excluding hydrogens is 262 g/mol. The van der Waals surface area contributed by atoms with E-state index >= 15 is 0 Å². The molecule has 2 rings (SSSR count). The number of carboxylic acids is 1. The molecule has 1 aromatic rings. The van der Waals surface area contributed by atoms with Gasteiger partial charge in [0.05, 0.1) is 4.88 Å². The van der Waals surface area contributed by atoms with Crippen molar-refractivity contribution in [2.24, 2.45) is 0 Å². The topological polar surface area (TPSA) is 66.4 Å². The van der Waals surface area contributed by atoms with Gasteiger partial charge in [-0.25, -0.2) is 4.79 Å². The maximum Gasteiger partial charge on any atom is 0.345 e. The van der Waals surface area contributed by atoms with Crippen LogP contribution in [0.2, 0.25) is 0 Å². The molecule has 0 unspecified atom stereocenters. The van der Waals surface area contributed by atoms with Gasteiger partial charge in [0, 0.05) is 6.04 Å². The van der Waals surface area contributed by atoms with Gasteiger partial charge >= 0.3 is 5.97 Å². The van der Waals surface area contributed by atoms with Gasteiger partial charge in [-0.2, -0.15) is 0 Å². The second-order valence-corrected chi connectivity index (χ2v) is 6.07. The molecule has 0 bridgehead atoms. The minimum absolute atomic E-state index is 0.136. The lowest BCUT2D eigenvalue weighted by Crippen LogP contribution is -2.34. The van der Waals surface area contributed by atoms with Crippen molar-refractivity contribution in [2.75, 3.05) is 0 Å². The number of hydrogen-bond acceptors (Lipinski definition) is 3. The molecule has 1 aliphatic rings. The Kier molecular flexibility index (Phi) is 4.96. The van der Waals surface area contributed by atoms with E-state index in [0.717, 1.165) is 37.0 Å². The lowest BCUT2D eigenvalue weighted by molar-refractivity contribution is 0.0702. The third kappa shape index (κ3) is 4.06. The van der Waals surface area contributed by atoms with Crippen LogP contribution in [-0.2, 0) is 0 Å². The Morgan fingerprint density at radius 2 is 1.63 bits per heavy atom. The molecule has 0 aromatic carbocycles. The predicted molar refractivity (Wildman–Crippen MR) is 74.9 cm³/mol. The number of rotatable bonds is 3. The first-order chi connectivity index (χ1) is 9.16. The molecule has 104 valence electrons. The standard InChI is InChI=1S/C14H19NO3S/c16-13(11-8-9-12(19-11)14(17)18)15-10-6-4-2-1-3-5-7-10/h8-10H,1-7H2,(H,15,16)(H,17,18). The minimum Gasteiger partial charge on any atom is -0.477 e. The highest BCUT2D eigenvalue weighted by Crippen LogP contribution is 2.20. The lowest BCUT2D eigenvalue weighted by Gasteiger charge is -2.20. The summed E-state index contributed by atoms with van der Waals surface area (Å²) >= 11 is 1.04. The molecule has 1 aromatic heterocycles. The predicted octanol–water partition coefficient (Wildman–Crippen LogP) is 3.29. The Morgan fingerprint density at radius 1 is 1.05 bits per heavy atom. The van der Waals surface area contributed by atoms with Crippen LogP contribution in [0.15, 0.2) is 12.1 Å². The van der Waals surface area contributed by atoms with Crippen LogP contribution in [-0.4, -0.2) is 23.0 Å². The Hall–Kier alpha value is -1.36. The number of carbonyl (C=O) groups is 2. The molecule has 0 radical (unpaired) electrons. The van der Waals surface area contributed by atoms with Gasteiger partial charge in [-0.1, -0.05) is 32.1 Å². The second-order valence-electron chi connectivity index (χ2n) is 4.98. The van der Waals surface area contributed by atoms with Crippen LogP contribution in [0.1, 0.15) is 64.3 Å². The number of carboxylic acid groups (broad SMARTS) is 1. The van der Waals surface area contributed by atoms with Crippen molar-refractivity contribution < 1.29 is 14.7 Å². The third-order valence-electron chi connectivity index (χ3n) is 3.48. The molecular formula is C14H19NO3S. The highest BCUT2D eigenvalue weighted by atomic mass is 32.1. The van der Waals surface area contributed by atoms with Gasteiger partial charge in [0.1, 0.15) is 4.88 Å².